The van der Waals surface area contributed by atoms with Gasteiger partial charge in [-0.15, -0.1) is 0 Å². The van der Waals surface area contributed by atoms with Gasteiger partial charge in [0, 0.05) is 0 Å². The fraction of sp³-hybridized carbons (Fsp3) is 0.938. The van der Waals surface area contributed by atoms with Crippen molar-refractivity contribution in [2.45, 2.75) is 185 Å². The molecule has 0 saturated carbocycles. The summed E-state index contributed by atoms with van der Waals surface area (Å²) in [5, 5.41) is 0. The van der Waals surface area contributed by atoms with Crippen molar-refractivity contribution in [2.75, 3.05) is 0 Å². The molecule has 65 heavy (non-hydrogen) atoms. The Morgan fingerprint density at radius 3 is 0.631 bits per heavy atom. The first-order valence-electron chi connectivity index (χ1n) is 17.7. The second kappa shape index (κ2) is 19.1. The van der Waals surface area contributed by atoms with Crippen LogP contribution in [0, 0.1) is 0 Å². The van der Waals surface area contributed by atoms with Crippen LogP contribution in [-0.2, 0) is 0 Å². The van der Waals surface area contributed by atoms with Gasteiger partial charge in [0.15, 0.2) is 0 Å². The number of allylic oxidation sites excluding steroid dienone is 2. The zero-order valence-electron chi connectivity index (χ0n) is 31.8. The maximum atomic E-state index is 14.2. The van der Waals surface area contributed by atoms with Crippen molar-refractivity contribution in [3.63, 3.8) is 0 Å². The van der Waals surface area contributed by atoms with Crippen LogP contribution in [0.15, 0.2) is 12.2 Å². The Bertz CT molecular complexity index is 1550. The fourth-order valence-corrected chi connectivity index (χ4v) is 5.19. The van der Waals surface area contributed by atoms with Crippen molar-refractivity contribution in [1.29, 1.82) is 0 Å². The Morgan fingerprint density at radius 1 is 0.231 bits per heavy atom. The first-order chi connectivity index (χ1) is 28.3. The van der Waals surface area contributed by atoms with Crippen molar-refractivity contribution in [3.05, 3.63) is 12.2 Å². The molecular formula is C32H31F33. The Kier molecular flexibility index (Phi) is 18.3. The molecule has 0 fully saturated rings. The van der Waals surface area contributed by atoms with Gasteiger partial charge in [-0.2, -0.15) is 145 Å². The van der Waals surface area contributed by atoms with Crippen LogP contribution >= 0.6 is 0 Å². The molecule has 0 aliphatic rings. The van der Waals surface area contributed by atoms with E-state index in [0.717, 1.165) is 44.9 Å². The second-order valence-corrected chi connectivity index (χ2v) is 14.2. The molecule has 0 aliphatic carbocycles. The smallest absolute Gasteiger partial charge is 0.195 e. The summed E-state index contributed by atoms with van der Waals surface area (Å²) in [6.45, 7) is 1.98. The lowest BCUT2D eigenvalue weighted by Crippen LogP contribution is -2.79. The molecule has 0 aromatic rings. The minimum absolute atomic E-state index is 0.0471. The van der Waals surface area contributed by atoms with Gasteiger partial charge >= 0.3 is 95.0 Å². The number of unbranched alkanes of at least 4 members (excludes halogenated alkanes) is 12. The van der Waals surface area contributed by atoms with Gasteiger partial charge in [0.25, 0.3) is 0 Å². The SMILES string of the molecule is CCCCCCCCCCCCCCC=CC(F)(F)C(F)(F)C(F)(F)C(F)(F)C(F)(F)C(F)(F)C(F)(F)C(F)(F)C(F)(F)C(F)(F)C(F)(F)C(F)(F)C(F)(F)C(F)(F)C(F)(F)C(F)(F)F. The molecule has 0 aliphatic heterocycles. The maximum Gasteiger partial charge on any atom is 0.460 e. The molecule has 0 aromatic heterocycles. The predicted octanol–water partition coefficient (Wildman–Crippen LogP) is 16.7. The van der Waals surface area contributed by atoms with E-state index in [-0.39, 0.29) is 18.9 Å². The van der Waals surface area contributed by atoms with Crippen LogP contribution in [0.4, 0.5) is 145 Å². The summed E-state index contributed by atoms with van der Waals surface area (Å²) in [5.74, 6) is -142. The van der Waals surface area contributed by atoms with Crippen LogP contribution < -0.4 is 0 Å². The zero-order valence-corrected chi connectivity index (χ0v) is 31.8. The van der Waals surface area contributed by atoms with Gasteiger partial charge in [0.2, 0.25) is 0 Å². The van der Waals surface area contributed by atoms with Crippen molar-refractivity contribution in [1.82, 2.24) is 0 Å². The molecule has 0 rings (SSSR count). The highest BCUT2D eigenvalue weighted by Gasteiger charge is 3.01. The molecule has 0 saturated heterocycles. The van der Waals surface area contributed by atoms with Crippen LogP contribution in [0.2, 0.25) is 0 Å². The summed E-state index contributed by atoms with van der Waals surface area (Å²) in [7, 11) is 0. The Hall–Kier alpha value is -2.57. The first-order valence-corrected chi connectivity index (χ1v) is 17.7. The molecule has 33 heteroatoms. The van der Waals surface area contributed by atoms with Crippen molar-refractivity contribution >= 4 is 0 Å². The lowest BCUT2D eigenvalue weighted by molar-refractivity contribution is -0.490. The number of rotatable bonds is 28. The molecule has 390 valence electrons. The van der Waals surface area contributed by atoms with E-state index in [4.69, 9.17) is 0 Å². The van der Waals surface area contributed by atoms with Crippen molar-refractivity contribution in [2.24, 2.45) is 0 Å². The Balaban J connectivity index is 6.81. The normalized spacial score (nSPS) is 16.3. The minimum Gasteiger partial charge on any atom is -0.195 e. The Labute approximate surface area is 343 Å². The molecule has 0 unspecified atom stereocenters. The third-order valence-corrected chi connectivity index (χ3v) is 9.45. The Morgan fingerprint density at radius 2 is 0.415 bits per heavy atom. The van der Waals surface area contributed by atoms with Gasteiger partial charge < -0.3 is 0 Å². The van der Waals surface area contributed by atoms with Crippen molar-refractivity contribution < 1.29 is 145 Å². The standard InChI is InChI=1S/C32H31F33/c1-2-3-4-5-6-7-8-9-10-11-12-13-14-15-16-17(33,34)18(35,36)19(37,38)20(39,40)21(41,42)22(43,44)23(45,46)24(47,48)25(49,50)26(51,52)27(53,54)28(55,56)29(57,58)30(59,60)31(61,62)32(63,64)65/h15-16H,2-14H2,1H3. The van der Waals surface area contributed by atoms with E-state index in [9.17, 15) is 145 Å². The molecule has 0 bridgehead atoms. The van der Waals surface area contributed by atoms with E-state index in [1.165, 1.54) is 0 Å². The molecular weight excluding hydrogens is 1010 g/mol. The third-order valence-electron chi connectivity index (χ3n) is 9.45. The van der Waals surface area contributed by atoms with E-state index >= 15 is 0 Å². The molecule has 0 nitrogen and oxygen atoms in total. The number of halogens is 33. The molecule has 0 atom stereocenters. The van der Waals surface area contributed by atoms with Gasteiger partial charge in [0.1, 0.15) is 0 Å². The number of hydrogen-bond donors (Lipinski definition) is 0. The molecule has 0 heterocycles. The molecule has 0 N–H and O–H groups in total. The second-order valence-electron chi connectivity index (χ2n) is 14.2. The van der Waals surface area contributed by atoms with Gasteiger partial charge in [0.05, 0.1) is 0 Å². The predicted molar refractivity (Wildman–Crippen MR) is 155 cm³/mol. The van der Waals surface area contributed by atoms with E-state index in [2.05, 4.69) is 0 Å². The third kappa shape index (κ3) is 9.72. The van der Waals surface area contributed by atoms with Crippen LogP contribution in [-0.4, -0.2) is 95.0 Å². The summed E-state index contributed by atoms with van der Waals surface area (Å²) in [4.78, 5) is 0. The number of hydrogen-bond acceptors (Lipinski definition) is 0. The van der Waals surface area contributed by atoms with Crippen LogP contribution in [0.5, 0.6) is 0 Å². The summed E-state index contributed by atoms with van der Waals surface area (Å²) >= 11 is 0. The molecule has 0 amide bonds. The minimum atomic E-state index is -10.2. The highest BCUT2D eigenvalue weighted by molar-refractivity contribution is 5.23. The molecule has 0 spiro atoms. The van der Waals surface area contributed by atoms with Crippen LogP contribution in [0.1, 0.15) is 90.4 Å². The number of alkyl halides is 33. The fourth-order valence-electron chi connectivity index (χ4n) is 5.19. The highest BCUT2D eigenvalue weighted by Crippen LogP contribution is 2.70. The highest BCUT2D eigenvalue weighted by atomic mass is 19.4. The topological polar surface area (TPSA) is 0 Å². The monoisotopic (exact) mass is 1040 g/mol. The van der Waals surface area contributed by atoms with Gasteiger partial charge in [-0.25, -0.2) is 0 Å². The molecule has 0 radical (unpaired) electrons. The molecule has 0 aromatic carbocycles. The van der Waals surface area contributed by atoms with Gasteiger partial charge in [-0.3, -0.25) is 0 Å². The quantitative estimate of drug-likeness (QED) is 0.0416. The van der Waals surface area contributed by atoms with E-state index in [1.54, 1.807) is 0 Å². The summed E-state index contributed by atoms with van der Waals surface area (Å²) in [6.07, 6.45) is -3.48. The van der Waals surface area contributed by atoms with Crippen LogP contribution in [0.3, 0.4) is 0 Å². The average molecular weight is 1040 g/mol. The van der Waals surface area contributed by atoms with Gasteiger partial charge in [-0.1, -0.05) is 83.6 Å². The summed E-state index contributed by atoms with van der Waals surface area (Å²) in [6, 6.07) is 0. The lowest BCUT2D eigenvalue weighted by Gasteiger charge is -2.46. The van der Waals surface area contributed by atoms with E-state index in [0.29, 0.717) is 19.3 Å². The first kappa shape index (κ1) is 62.4. The van der Waals surface area contributed by atoms with E-state index in [1.807, 2.05) is 6.92 Å². The summed E-state index contributed by atoms with van der Waals surface area (Å²) in [5.41, 5.74) is 0. The lowest BCUT2D eigenvalue weighted by atomic mass is 9.82. The van der Waals surface area contributed by atoms with Crippen LogP contribution in [0.25, 0.3) is 0 Å². The maximum absolute atomic E-state index is 14.2. The van der Waals surface area contributed by atoms with Gasteiger partial charge in [-0.05, 0) is 18.9 Å². The van der Waals surface area contributed by atoms with Crippen molar-refractivity contribution in [3.8, 4) is 0 Å². The summed E-state index contributed by atoms with van der Waals surface area (Å²) < 4.78 is 453. The average Bonchev–Trinajstić information content (AvgIpc) is 3.13. The zero-order chi connectivity index (χ0) is 52.6. The van der Waals surface area contributed by atoms with E-state index < -0.39 is 108 Å². The largest absolute Gasteiger partial charge is 0.460 e.